The largest absolute Gasteiger partial charge is 0.490 e. The fourth-order valence-electron chi connectivity index (χ4n) is 2.87. The number of rotatable bonds is 8. The molecular weight excluding hydrogens is 438 g/mol. The Labute approximate surface area is 198 Å². The normalized spacial score (nSPS) is 10.1. The first kappa shape index (κ1) is 23.7. The predicted molar refractivity (Wildman–Crippen MR) is 133 cm³/mol. The quantitative estimate of drug-likeness (QED) is 0.384. The maximum absolute atomic E-state index is 12.6. The molecule has 0 heterocycles. The van der Waals surface area contributed by atoms with Gasteiger partial charge in [0.1, 0.15) is 24.7 Å². The summed E-state index contributed by atoms with van der Waals surface area (Å²) < 4.78 is 11.3. The number of anilines is 2. The van der Waals surface area contributed by atoms with E-state index in [0.717, 1.165) is 5.75 Å². The van der Waals surface area contributed by atoms with Crippen molar-refractivity contribution in [2.45, 2.75) is 6.92 Å². The van der Waals surface area contributed by atoms with Crippen LogP contribution < -0.4 is 25.0 Å². The Morgan fingerprint density at radius 1 is 0.879 bits per heavy atom. The first-order valence-electron chi connectivity index (χ1n) is 10.3. The number of hydrogen-bond acceptors (Lipinski definition) is 5. The van der Waals surface area contributed by atoms with Crippen LogP contribution in [-0.4, -0.2) is 37.2 Å². The van der Waals surface area contributed by atoms with E-state index < -0.39 is 0 Å². The Hall–Kier alpha value is -3.91. The molecule has 7 nitrogen and oxygen atoms in total. The van der Waals surface area contributed by atoms with Crippen molar-refractivity contribution in [3.05, 3.63) is 84.4 Å². The SMILES string of the molecule is CC(=O)N(C)c1cccc(NC(=S)NC(=O)c2cccc(OCCOc3ccccc3)c2)c1. The molecule has 0 aromatic heterocycles. The number of nitrogens with one attached hydrogen (secondary N) is 2. The average Bonchev–Trinajstić information content (AvgIpc) is 2.82. The third-order valence-electron chi connectivity index (χ3n) is 4.65. The van der Waals surface area contributed by atoms with Crippen LogP contribution in [0.5, 0.6) is 11.5 Å². The summed E-state index contributed by atoms with van der Waals surface area (Å²) in [5.74, 6) is 0.874. The standard InChI is InChI=1S/C25H25N3O4S/c1-18(29)28(2)21-10-7-9-20(17-21)26-25(33)27-24(30)19-8-6-13-23(16-19)32-15-14-31-22-11-4-3-5-12-22/h3-13,16-17H,14-15H2,1-2H3,(H2,26,27,30,33). The molecule has 8 heteroatoms. The van der Waals surface area contributed by atoms with Gasteiger partial charge in [-0.1, -0.05) is 30.3 Å². The van der Waals surface area contributed by atoms with E-state index in [4.69, 9.17) is 21.7 Å². The molecule has 170 valence electrons. The second kappa shape index (κ2) is 11.6. The number of ether oxygens (including phenoxy) is 2. The molecule has 3 rings (SSSR count). The number of para-hydroxylation sites is 1. The van der Waals surface area contributed by atoms with Gasteiger partial charge in [-0.25, -0.2) is 0 Å². The van der Waals surface area contributed by atoms with Crippen molar-refractivity contribution in [1.82, 2.24) is 5.32 Å². The van der Waals surface area contributed by atoms with Crippen LogP contribution in [0.25, 0.3) is 0 Å². The second-order valence-electron chi connectivity index (χ2n) is 7.07. The fraction of sp³-hybridized carbons (Fsp3) is 0.160. The van der Waals surface area contributed by atoms with Crippen molar-refractivity contribution in [2.24, 2.45) is 0 Å². The summed E-state index contributed by atoms with van der Waals surface area (Å²) >= 11 is 5.27. The molecular formula is C25H25N3O4S. The molecule has 0 fully saturated rings. The number of carbonyl (C=O) groups is 2. The highest BCUT2D eigenvalue weighted by molar-refractivity contribution is 7.80. The van der Waals surface area contributed by atoms with Gasteiger partial charge >= 0.3 is 0 Å². The van der Waals surface area contributed by atoms with Gasteiger partial charge in [-0.15, -0.1) is 0 Å². The van der Waals surface area contributed by atoms with Gasteiger partial charge in [-0.05, 0) is 60.7 Å². The molecule has 2 amide bonds. The third-order valence-corrected chi connectivity index (χ3v) is 4.86. The first-order valence-corrected chi connectivity index (χ1v) is 10.7. The highest BCUT2D eigenvalue weighted by atomic mass is 32.1. The Kier molecular flexibility index (Phi) is 8.37. The van der Waals surface area contributed by atoms with Crippen LogP contribution in [0, 0.1) is 0 Å². The van der Waals surface area contributed by atoms with E-state index in [1.54, 1.807) is 49.5 Å². The molecule has 0 aliphatic heterocycles. The summed E-state index contributed by atoms with van der Waals surface area (Å²) in [4.78, 5) is 25.7. The van der Waals surface area contributed by atoms with Crippen LogP contribution in [0.1, 0.15) is 17.3 Å². The lowest BCUT2D eigenvalue weighted by Crippen LogP contribution is -2.34. The van der Waals surface area contributed by atoms with E-state index in [9.17, 15) is 9.59 Å². The Bertz CT molecular complexity index is 1120. The predicted octanol–water partition coefficient (Wildman–Crippen LogP) is 4.25. The lowest BCUT2D eigenvalue weighted by Gasteiger charge is -2.17. The molecule has 0 unspecified atom stereocenters. The molecule has 0 atom stereocenters. The number of benzene rings is 3. The summed E-state index contributed by atoms with van der Waals surface area (Å²) in [5, 5.41) is 5.76. The lowest BCUT2D eigenvalue weighted by molar-refractivity contribution is -0.116. The van der Waals surface area contributed by atoms with E-state index in [0.29, 0.717) is 35.9 Å². The van der Waals surface area contributed by atoms with Crippen molar-refractivity contribution >= 4 is 40.5 Å². The van der Waals surface area contributed by atoms with E-state index >= 15 is 0 Å². The monoisotopic (exact) mass is 463 g/mol. The second-order valence-corrected chi connectivity index (χ2v) is 7.48. The van der Waals surface area contributed by atoms with Gasteiger partial charge in [0.25, 0.3) is 5.91 Å². The third kappa shape index (κ3) is 7.33. The van der Waals surface area contributed by atoms with Gasteiger partial charge in [0.2, 0.25) is 5.91 Å². The Morgan fingerprint density at radius 2 is 1.55 bits per heavy atom. The van der Waals surface area contributed by atoms with Crippen LogP contribution >= 0.6 is 12.2 Å². The molecule has 3 aromatic rings. The average molecular weight is 464 g/mol. The summed E-state index contributed by atoms with van der Waals surface area (Å²) in [6, 6.07) is 23.5. The first-order chi connectivity index (χ1) is 15.9. The number of thiocarbonyl (C=S) groups is 1. The molecule has 0 radical (unpaired) electrons. The van der Waals surface area contributed by atoms with Gasteiger partial charge in [0.05, 0.1) is 0 Å². The molecule has 0 saturated heterocycles. The minimum Gasteiger partial charge on any atom is -0.490 e. The zero-order valence-electron chi connectivity index (χ0n) is 18.4. The van der Waals surface area contributed by atoms with Crippen LogP contribution in [0.4, 0.5) is 11.4 Å². The summed E-state index contributed by atoms with van der Waals surface area (Å²) in [7, 11) is 1.68. The zero-order valence-corrected chi connectivity index (χ0v) is 19.2. The van der Waals surface area contributed by atoms with E-state index in [1.807, 2.05) is 36.4 Å². The van der Waals surface area contributed by atoms with Crippen molar-refractivity contribution in [3.63, 3.8) is 0 Å². The van der Waals surface area contributed by atoms with Crippen LogP contribution in [0.15, 0.2) is 78.9 Å². The molecule has 0 bridgehead atoms. The van der Waals surface area contributed by atoms with Gasteiger partial charge in [0, 0.05) is 30.9 Å². The van der Waals surface area contributed by atoms with Gasteiger partial charge < -0.3 is 19.7 Å². The fourth-order valence-corrected chi connectivity index (χ4v) is 3.09. The molecule has 0 aliphatic rings. The van der Waals surface area contributed by atoms with E-state index in [-0.39, 0.29) is 16.9 Å². The number of nitrogens with zero attached hydrogens (tertiary/aromatic N) is 1. The van der Waals surface area contributed by atoms with Crippen molar-refractivity contribution in [2.75, 3.05) is 30.5 Å². The molecule has 3 aromatic carbocycles. The topological polar surface area (TPSA) is 79.9 Å². The maximum atomic E-state index is 12.6. The highest BCUT2D eigenvalue weighted by Crippen LogP contribution is 2.19. The van der Waals surface area contributed by atoms with Crippen LogP contribution in [0.2, 0.25) is 0 Å². The van der Waals surface area contributed by atoms with Gasteiger partial charge in [0.15, 0.2) is 5.11 Å². The van der Waals surface area contributed by atoms with Gasteiger partial charge in [-0.2, -0.15) is 0 Å². The minimum absolute atomic E-state index is 0.0863. The van der Waals surface area contributed by atoms with E-state index in [1.165, 1.54) is 11.8 Å². The van der Waals surface area contributed by atoms with Crippen LogP contribution in [0.3, 0.4) is 0 Å². The zero-order chi connectivity index (χ0) is 23.6. The summed E-state index contributed by atoms with van der Waals surface area (Å²) in [6.07, 6.45) is 0. The van der Waals surface area contributed by atoms with Crippen LogP contribution in [-0.2, 0) is 4.79 Å². The van der Waals surface area contributed by atoms with Crippen molar-refractivity contribution in [3.8, 4) is 11.5 Å². The smallest absolute Gasteiger partial charge is 0.257 e. The molecule has 0 saturated carbocycles. The van der Waals surface area contributed by atoms with E-state index in [2.05, 4.69) is 10.6 Å². The molecule has 2 N–H and O–H groups in total. The molecule has 33 heavy (non-hydrogen) atoms. The minimum atomic E-state index is -0.365. The lowest BCUT2D eigenvalue weighted by atomic mass is 10.2. The maximum Gasteiger partial charge on any atom is 0.257 e. The number of hydrogen-bond donors (Lipinski definition) is 2. The Balaban J connectivity index is 1.51. The molecule has 0 aliphatic carbocycles. The van der Waals surface area contributed by atoms with Gasteiger partial charge in [-0.3, -0.25) is 14.9 Å². The van der Waals surface area contributed by atoms with Crippen molar-refractivity contribution < 1.29 is 19.1 Å². The number of carbonyl (C=O) groups excluding carboxylic acids is 2. The Morgan fingerprint density at radius 3 is 2.27 bits per heavy atom. The van der Waals surface area contributed by atoms with Crippen molar-refractivity contribution in [1.29, 1.82) is 0 Å². The highest BCUT2D eigenvalue weighted by Gasteiger charge is 2.11. The molecule has 0 spiro atoms. The number of amides is 2. The summed E-state index contributed by atoms with van der Waals surface area (Å²) in [5.41, 5.74) is 1.77. The summed E-state index contributed by atoms with van der Waals surface area (Å²) in [6.45, 7) is 2.20.